The molecule has 4 rings (SSSR count). The molecule has 0 fully saturated rings. The van der Waals surface area contributed by atoms with Gasteiger partial charge >= 0.3 is 0 Å². The molecule has 160 valence electrons. The molecule has 0 aliphatic heterocycles. The molecule has 0 saturated carbocycles. The van der Waals surface area contributed by atoms with Crippen molar-refractivity contribution < 1.29 is 9.72 Å². The normalized spacial score (nSPS) is 10.7. The fourth-order valence-electron chi connectivity index (χ4n) is 3.39. The van der Waals surface area contributed by atoms with Crippen LogP contribution in [0.3, 0.4) is 0 Å². The van der Waals surface area contributed by atoms with Gasteiger partial charge in [0.15, 0.2) is 5.82 Å². The smallest absolute Gasteiger partial charge is 0.295 e. The third-order valence-electron chi connectivity index (χ3n) is 5.02. The molecule has 1 heterocycles. The number of benzene rings is 3. The van der Waals surface area contributed by atoms with Gasteiger partial charge in [-0.05, 0) is 38.5 Å². The number of nitro groups is 1. The molecule has 8 heteroatoms. The van der Waals surface area contributed by atoms with Crippen molar-refractivity contribution in [1.29, 1.82) is 0 Å². The van der Waals surface area contributed by atoms with Gasteiger partial charge < -0.3 is 5.32 Å². The number of non-ortho nitro benzene ring substituents is 1. The van der Waals surface area contributed by atoms with Gasteiger partial charge in [0.05, 0.1) is 10.6 Å². The van der Waals surface area contributed by atoms with Crippen LogP contribution in [0.4, 0.5) is 11.4 Å². The van der Waals surface area contributed by atoms with Crippen LogP contribution in [-0.2, 0) is 0 Å². The van der Waals surface area contributed by atoms with Crippen molar-refractivity contribution in [3.8, 4) is 17.1 Å². The maximum absolute atomic E-state index is 12.9. The molecule has 0 saturated heterocycles. The summed E-state index contributed by atoms with van der Waals surface area (Å²) in [5.41, 5.74) is 5.03. The second-order valence-electron chi connectivity index (χ2n) is 7.59. The van der Waals surface area contributed by atoms with E-state index in [9.17, 15) is 14.9 Å². The van der Waals surface area contributed by atoms with E-state index in [1.165, 1.54) is 18.2 Å². The maximum Gasteiger partial charge on any atom is 0.295 e. The van der Waals surface area contributed by atoms with Crippen LogP contribution in [0.15, 0.2) is 66.7 Å². The highest BCUT2D eigenvalue weighted by atomic mass is 16.6. The summed E-state index contributed by atoms with van der Waals surface area (Å²) in [6, 6.07) is 19.5. The quantitative estimate of drug-likeness (QED) is 0.356. The minimum atomic E-state index is -0.553. The van der Waals surface area contributed by atoms with Gasteiger partial charge in [0, 0.05) is 23.4 Å². The molecule has 0 bridgehead atoms. The fourth-order valence-corrected chi connectivity index (χ4v) is 3.39. The van der Waals surface area contributed by atoms with Gasteiger partial charge in [0.1, 0.15) is 0 Å². The Morgan fingerprint density at radius 2 is 1.69 bits per heavy atom. The summed E-state index contributed by atoms with van der Waals surface area (Å²) in [5.74, 6) is -0.0597. The van der Waals surface area contributed by atoms with E-state index in [4.69, 9.17) is 0 Å². The molecule has 8 nitrogen and oxygen atoms in total. The maximum atomic E-state index is 12.9. The summed E-state index contributed by atoms with van der Waals surface area (Å²) in [5, 5.41) is 18.1. The van der Waals surface area contributed by atoms with E-state index < -0.39 is 10.8 Å². The lowest BCUT2D eigenvalue weighted by Crippen LogP contribution is -2.14. The summed E-state index contributed by atoms with van der Waals surface area (Å²) >= 11 is 0. The predicted octanol–water partition coefficient (Wildman–Crippen LogP) is 5.02. The number of carbonyl (C=O) groups excluding carboxylic acids is 1. The SMILES string of the molecule is Cc1ccc(-c2nc(C(=O)Nc3cccc([N+](=O)[O-])c3)nn2-c2ccc(C)cc2C)cc1. The van der Waals surface area contributed by atoms with Gasteiger partial charge in [-0.2, -0.15) is 0 Å². The Bertz CT molecular complexity index is 1330. The third kappa shape index (κ3) is 4.24. The Labute approximate surface area is 184 Å². The second kappa shape index (κ2) is 8.43. The van der Waals surface area contributed by atoms with E-state index in [1.807, 2.05) is 63.2 Å². The summed E-state index contributed by atoms with van der Waals surface area (Å²) in [4.78, 5) is 27.9. The minimum Gasteiger partial charge on any atom is -0.319 e. The monoisotopic (exact) mass is 427 g/mol. The highest BCUT2D eigenvalue weighted by Gasteiger charge is 2.20. The van der Waals surface area contributed by atoms with E-state index in [0.29, 0.717) is 11.5 Å². The van der Waals surface area contributed by atoms with Crippen molar-refractivity contribution >= 4 is 17.3 Å². The summed E-state index contributed by atoms with van der Waals surface area (Å²) in [7, 11) is 0. The van der Waals surface area contributed by atoms with Gasteiger partial charge in [0.25, 0.3) is 11.6 Å². The number of anilines is 1. The number of rotatable bonds is 5. The molecule has 0 aliphatic carbocycles. The Hall–Kier alpha value is -4.33. The molecule has 3 aromatic carbocycles. The van der Waals surface area contributed by atoms with E-state index >= 15 is 0 Å². The summed E-state index contributed by atoms with van der Waals surface area (Å²) in [6.07, 6.45) is 0. The summed E-state index contributed by atoms with van der Waals surface area (Å²) < 4.78 is 1.65. The largest absolute Gasteiger partial charge is 0.319 e. The van der Waals surface area contributed by atoms with Crippen molar-refractivity contribution in [2.45, 2.75) is 20.8 Å². The van der Waals surface area contributed by atoms with Crippen molar-refractivity contribution in [3.05, 3.63) is 99.4 Å². The van der Waals surface area contributed by atoms with Crippen LogP contribution in [0.2, 0.25) is 0 Å². The number of hydrogen-bond donors (Lipinski definition) is 1. The van der Waals surface area contributed by atoms with Crippen molar-refractivity contribution in [2.24, 2.45) is 0 Å². The Morgan fingerprint density at radius 3 is 2.38 bits per heavy atom. The number of nitro benzene ring substituents is 1. The van der Waals surface area contributed by atoms with Crippen LogP contribution in [-0.4, -0.2) is 25.6 Å². The predicted molar refractivity (Wildman–Crippen MR) is 122 cm³/mol. The lowest BCUT2D eigenvalue weighted by Gasteiger charge is -2.10. The molecule has 1 N–H and O–H groups in total. The van der Waals surface area contributed by atoms with Crippen LogP contribution in [0.25, 0.3) is 17.1 Å². The van der Waals surface area contributed by atoms with Gasteiger partial charge in [-0.3, -0.25) is 14.9 Å². The topological polar surface area (TPSA) is 103 Å². The molecule has 0 atom stereocenters. The first-order valence-electron chi connectivity index (χ1n) is 9.99. The van der Waals surface area contributed by atoms with E-state index in [2.05, 4.69) is 15.4 Å². The van der Waals surface area contributed by atoms with Crippen LogP contribution in [0, 0.1) is 30.9 Å². The highest BCUT2D eigenvalue weighted by molar-refractivity contribution is 6.02. The van der Waals surface area contributed by atoms with Crippen LogP contribution in [0.1, 0.15) is 27.3 Å². The number of amides is 1. The van der Waals surface area contributed by atoms with Crippen LogP contribution >= 0.6 is 0 Å². The number of carbonyl (C=O) groups is 1. The second-order valence-corrected chi connectivity index (χ2v) is 7.59. The van der Waals surface area contributed by atoms with E-state index in [0.717, 1.165) is 27.9 Å². The molecule has 0 radical (unpaired) electrons. The number of aromatic nitrogens is 3. The number of nitrogens with one attached hydrogen (secondary N) is 1. The standard InChI is InChI=1S/C24H21N5O3/c1-15-7-10-18(11-8-15)23-26-22(27-28(23)21-12-9-16(2)13-17(21)3)24(30)25-19-5-4-6-20(14-19)29(31)32/h4-14H,1-3H3,(H,25,30). The first kappa shape index (κ1) is 20.9. The highest BCUT2D eigenvalue weighted by Crippen LogP contribution is 2.25. The van der Waals surface area contributed by atoms with E-state index in [-0.39, 0.29) is 11.5 Å². The molecular weight excluding hydrogens is 406 g/mol. The first-order valence-corrected chi connectivity index (χ1v) is 9.99. The molecule has 1 amide bonds. The van der Waals surface area contributed by atoms with Crippen LogP contribution in [0.5, 0.6) is 0 Å². The van der Waals surface area contributed by atoms with Gasteiger partial charge in [-0.15, -0.1) is 5.10 Å². The zero-order valence-electron chi connectivity index (χ0n) is 17.9. The van der Waals surface area contributed by atoms with Gasteiger partial charge in [-0.25, -0.2) is 9.67 Å². The van der Waals surface area contributed by atoms with Crippen LogP contribution < -0.4 is 5.32 Å². The van der Waals surface area contributed by atoms with E-state index in [1.54, 1.807) is 10.7 Å². The number of aryl methyl sites for hydroxylation is 3. The Morgan fingerprint density at radius 1 is 0.969 bits per heavy atom. The molecule has 1 aromatic heterocycles. The summed E-state index contributed by atoms with van der Waals surface area (Å²) in [6.45, 7) is 5.99. The average molecular weight is 427 g/mol. The Kier molecular flexibility index (Phi) is 5.51. The number of hydrogen-bond acceptors (Lipinski definition) is 5. The zero-order valence-corrected chi connectivity index (χ0v) is 17.9. The lowest BCUT2D eigenvalue weighted by molar-refractivity contribution is -0.384. The van der Waals surface area contributed by atoms with Gasteiger partial charge in [0.2, 0.25) is 5.82 Å². The third-order valence-corrected chi connectivity index (χ3v) is 5.02. The molecule has 0 unspecified atom stereocenters. The minimum absolute atomic E-state index is 0.0351. The Balaban J connectivity index is 1.76. The van der Waals surface area contributed by atoms with Gasteiger partial charge in [-0.1, -0.05) is 53.6 Å². The fraction of sp³-hybridized carbons (Fsp3) is 0.125. The molecule has 32 heavy (non-hydrogen) atoms. The molecule has 4 aromatic rings. The van der Waals surface area contributed by atoms with Crippen molar-refractivity contribution in [1.82, 2.24) is 14.8 Å². The van der Waals surface area contributed by atoms with Crippen molar-refractivity contribution in [3.63, 3.8) is 0 Å². The lowest BCUT2D eigenvalue weighted by atomic mass is 10.1. The zero-order chi connectivity index (χ0) is 22.8. The average Bonchev–Trinajstić information content (AvgIpc) is 3.20. The number of nitrogens with zero attached hydrogens (tertiary/aromatic N) is 4. The molecule has 0 spiro atoms. The molecular formula is C24H21N5O3. The molecule has 0 aliphatic rings. The van der Waals surface area contributed by atoms with Crippen molar-refractivity contribution in [2.75, 3.05) is 5.32 Å². The first-order chi connectivity index (χ1) is 15.3.